The third-order valence-corrected chi connectivity index (χ3v) is 5.05. The number of fused-ring (bicyclic) bond motifs is 1. The predicted molar refractivity (Wildman–Crippen MR) is 124 cm³/mol. The predicted octanol–water partition coefficient (Wildman–Crippen LogP) is 3.13. The molecule has 4 aromatic rings. The zero-order valence-corrected chi connectivity index (χ0v) is 17.4. The van der Waals surface area contributed by atoms with Crippen molar-refractivity contribution in [2.75, 3.05) is 5.32 Å². The summed E-state index contributed by atoms with van der Waals surface area (Å²) in [6, 6.07) is 22.3. The summed E-state index contributed by atoms with van der Waals surface area (Å²) < 4.78 is 0. The fourth-order valence-corrected chi connectivity index (χ4v) is 3.51. The number of anilines is 2. The zero-order valence-electron chi connectivity index (χ0n) is 17.4. The van der Waals surface area contributed by atoms with Gasteiger partial charge in [0.05, 0.1) is 6.42 Å². The molecular weight excluding hydrogens is 402 g/mol. The van der Waals surface area contributed by atoms with Gasteiger partial charge in [0.15, 0.2) is 0 Å². The molecule has 32 heavy (non-hydrogen) atoms. The number of amides is 2. The summed E-state index contributed by atoms with van der Waals surface area (Å²) in [6.45, 7) is 0. The van der Waals surface area contributed by atoms with Crippen LogP contribution in [0, 0.1) is 0 Å². The molecule has 0 aliphatic rings. The van der Waals surface area contributed by atoms with Crippen molar-refractivity contribution < 1.29 is 9.59 Å². The zero-order chi connectivity index (χ0) is 22.3. The van der Waals surface area contributed by atoms with Crippen LogP contribution in [0.1, 0.15) is 11.1 Å². The summed E-state index contributed by atoms with van der Waals surface area (Å²) in [7, 11) is 0. The van der Waals surface area contributed by atoms with Gasteiger partial charge < -0.3 is 16.4 Å². The van der Waals surface area contributed by atoms with E-state index in [0.717, 1.165) is 27.6 Å². The van der Waals surface area contributed by atoms with Gasteiger partial charge in [0.25, 0.3) is 0 Å². The van der Waals surface area contributed by atoms with Crippen LogP contribution in [0.15, 0.2) is 85.2 Å². The first-order chi connectivity index (χ1) is 15.6. The number of benzene rings is 3. The number of carbonyl (C=O) groups is 2. The fraction of sp³-hybridized carbons (Fsp3) is 0.120. The number of nitrogens with one attached hydrogen (secondary N) is 2. The Balaban J connectivity index is 1.41. The van der Waals surface area contributed by atoms with E-state index in [4.69, 9.17) is 5.73 Å². The second-order valence-electron chi connectivity index (χ2n) is 7.48. The van der Waals surface area contributed by atoms with E-state index in [2.05, 4.69) is 20.6 Å². The Hall–Kier alpha value is -4.26. The molecule has 4 rings (SSSR count). The van der Waals surface area contributed by atoms with Crippen LogP contribution in [0.5, 0.6) is 0 Å². The quantitative estimate of drug-likeness (QED) is 0.402. The summed E-state index contributed by atoms with van der Waals surface area (Å²) in [5, 5.41) is 8.06. The van der Waals surface area contributed by atoms with E-state index in [9.17, 15) is 9.59 Å². The number of aromatic nitrogens is 2. The van der Waals surface area contributed by atoms with Crippen molar-refractivity contribution in [2.45, 2.75) is 18.9 Å². The molecule has 0 aliphatic carbocycles. The summed E-state index contributed by atoms with van der Waals surface area (Å²) in [5.74, 6) is -0.371. The van der Waals surface area contributed by atoms with Crippen molar-refractivity contribution in [3.05, 3.63) is 96.3 Å². The molecule has 1 aromatic heterocycles. The van der Waals surface area contributed by atoms with Gasteiger partial charge in [-0.05, 0) is 40.1 Å². The van der Waals surface area contributed by atoms with E-state index >= 15 is 0 Å². The molecule has 1 atom stereocenters. The van der Waals surface area contributed by atoms with Gasteiger partial charge in [-0.25, -0.2) is 9.97 Å². The van der Waals surface area contributed by atoms with E-state index in [1.165, 1.54) is 0 Å². The Kier molecular flexibility index (Phi) is 6.36. The first-order valence-electron chi connectivity index (χ1n) is 10.3. The standard InChI is InChI=1S/C25H23N5O2/c26-24(32)22(15-18-9-10-19-6-1-2-7-20(19)13-18)30-23(31)16-17-5-3-8-21(14-17)29-25-27-11-4-12-28-25/h1-14,22H,15-16H2,(H2,26,32)(H,30,31)(H,27,28,29)/t22-/m0/s1. The maximum atomic E-state index is 12.6. The summed E-state index contributed by atoms with van der Waals surface area (Å²) >= 11 is 0. The van der Waals surface area contributed by atoms with Crippen LogP contribution in [0.25, 0.3) is 10.8 Å². The third kappa shape index (κ3) is 5.46. The minimum atomic E-state index is -0.789. The minimum Gasteiger partial charge on any atom is -0.368 e. The molecule has 0 saturated carbocycles. The number of hydrogen-bond donors (Lipinski definition) is 3. The largest absolute Gasteiger partial charge is 0.368 e. The topological polar surface area (TPSA) is 110 Å². The van der Waals surface area contributed by atoms with Gasteiger partial charge in [-0.3, -0.25) is 9.59 Å². The van der Waals surface area contributed by atoms with Crippen LogP contribution in [0.4, 0.5) is 11.6 Å². The Morgan fingerprint density at radius 1 is 0.844 bits per heavy atom. The number of rotatable bonds is 8. The van der Waals surface area contributed by atoms with Gasteiger partial charge >= 0.3 is 0 Å². The molecule has 1 heterocycles. The molecule has 7 nitrogen and oxygen atoms in total. The molecule has 7 heteroatoms. The van der Waals surface area contributed by atoms with Crippen LogP contribution < -0.4 is 16.4 Å². The number of primary amides is 1. The average molecular weight is 425 g/mol. The van der Waals surface area contributed by atoms with Crippen LogP contribution in [0.3, 0.4) is 0 Å². The summed E-state index contributed by atoms with van der Waals surface area (Å²) in [4.78, 5) is 32.9. The van der Waals surface area contributed by atoms with Crippen LogP contribution in [-0.2, 0) is 22.4 Å². The lowest BCUT2D eigenvalue weighted by molar-refractivity contribution is -0.127. The van der Waals surface area contributed by atoms with E-state index in [0.29, 0.717) is 12.4 Å². The molecule has 0 fully saturated rings. The molecule has 160 valence electrons. The second kappa shape index (κ2) is 9.70. The normalized spacial score (nSPS) is 11.6. The van der Waals surface area contributed by atoms with Crippen molar-refractivity contribution in [3.63, 3.8) is 0 Å². The monoisotopic (exact) mass is 425 g/mol. The molecule has 0 spiro atoms. The highest BCUT2D eigenvalue weighted by atomic mass is 16.2. The highest BCUT2D eigenvalue weighted by Gasteiger charge is 2.19. The van der Waals surface area contributed by atoms with E-state index < -0.39 is 11.9 Å². The molecule has 0 aliphatic heterocycles. The van der Waals surface area contributed by atoms with Crippen molar-refractivity contribution >= 4 is 34.2 Å². The second-order valence-corrected chi connectivity index (χ2v) is 7.48. The fourth-order valence-electron chi connectivity index (χ4n) is 3.51. The molecule has 0 bridgehead atoms. The van der Waals surface area contributed by atoms with Gasteiger partial charge in [-0.1, -0.05) is 54.6 Å². The Morgan fingerprint density at radius 2 is 1.62 bits per heavy atom. The molecule has 0 unspecified atom stereocenters. The average Bonchev–Trinajstić information content (AvgIpc) is 2.79. The van der Waals surface area contributed by atoms with Gasteiger partial charge in [0.2, 0.25) is 17.8 Å². The molecule has 0 saturated heterocycles. The third-order valence-electron chi connectivity index (χ3n) is 5.05. The van der Waals surface area contributed by atoms with Crippen molar-refractivity contribution in [2.24, 2.45) is 5.73 Å². The maximum absolute atomic E-state index is 12.6. The summed E-state index contributed by atoms with van der Waals surface area (Å²) in [6.07, 6.45) is 3.74. The number of nitrogens with two attached hydrogens (primary N) is 1. The Bertz CT molecular complexity index is 1240. The lowest BCUT2D eigenvalue weighted by Crippen LogP contribution is -2.46. The van der Waals surface area contributed by atoms with E-state index in [-0.39, 0.29) is 12.3 Å². The maximum Gasteiger partial charge on any atom is 0.240 e. The van der Waals surface area contributed by atoms with E-state index in [1.54, 1.807) is 18.5 Å². The van der Waals surface area contributed by atoms with Crippen molar-refractivity contribution in [1.29, 1.82) is 0 Å². The van der Waals surface area contributed by atoms with Crippen molar-refractivity contribution in [3.8, 4) is 0 Å². The molecular formula is C25H23N5O2. The van der Waals surface area contributed by atoms with Gasteiger partial charge in [0, 0.05) is 24.5 Å². The molecule has 0 radical (unpaired) electrons. The SMILES string of the molecule is NC(=O)[C@H](Cc1ccc2ccccc2c1)NC(=O)Cc1cccc(Nc2ncccn2)c1. The lowest BCUT2D eigenvalue weighted by atomic mass is 10.0. The highest BCUT2D eigenvalue weighted by molar-refractivity contribution is 5.88. The molecule has 2 amide bonds. The highest BCUT2D eigenvalue weighted by Crippen LogP contribution is 2.17. The van der Waals surface area contributed by atoms with Crippen LogP contribution in [0.2, 0.25) is 0 Å². The van der Waals surface area contributed by atoms with Crippen LogP contribution >= 0.6 is 0 Å². The minimum absolute atomic E-state index is 0.118. The van der Waals surface area contributed by atoms with Gasteiger partial charge in [0.1, 0.15) is 6.04 Å². The lowest BCUT2D eigenvalue weighted by Gasteiger charge is -2.16. The van der Waals surface area contributed by atoms with Crippen LogP contribution in [-0.4, -0.2) is 27.8 Å². The van der Waals surface area contributed by atoms with Gasteiger partial charge in [-0.15, -0.1) is 0 Å². The number of nitrogens with zero attached hydrogens (tertiary/aromatic N) is 2. The Morgan fingerprint density at radius 3 is 2.41 bits per heavy atom. The first kappa shape index (κ1) is 21.0. The van der Waals surface area contributed by atoms with Crippen molar-refractivity contribution in [1.82, 2.24) is 15.3 Å². The Labute approximate surface area is 185 Å². The molecule has 3 aromatic carbocycles. The number of hydrogen-bond acceptors (Lipinski definition) is 5. The summed E-state index contributed by atoms with van der Waals surface area (Å²) in [5.41, 5.74) is 8.06. The number of carbonyl (C=O) groups excluding carboxylic acids is 2. The molecule has 4 N–H and O–H groups in total. The van der Waals surface area contributed by atoms with Gasteiger partial charge in [-0.2, -0.15) is 0 Å². The van der Waals surface area contributed by atoms with E-state index in [1.807, 2.05) is 66.7 Å². The first-order valence-corrected chi connectivity index (χ1v) is 10.3. The smallest absolute Gasteiger partial charge is 0.240 e.